The molecule has 1 aromatic carbocycles. The summed E-state index contributed by atoms with van der Waals surface area (Å²) in [5, 5.41) is 17.9. The normalized spacial score (nSPS) is 18.4. The lowest BCUT2D eigenvalue weighted by atomic mass is 9.87. The summed E-state index contributed by atoms with van der Waals surface area (Å²) in [4.78, 5) is 21.9. The van der Waals surface area contributed by atoms with Crippen molar-refractivity contribution >= 4 is 11.9 Å². The molecule has 0 heterocycles. The molecule has 1 atom stereocenters. The van der Waals surface area contributed by atoms with E-state index in [0.29, 0.717) is 6.42 Å². The highest BCUT2D eigenvalue weighted by Gasteiger charge is 2.39. The van der Waals surface area contributed by atoms with Crippen molar-refractivity contribution in [1.29, 1.82) is 0 Å². The monoisotopic (exact) mass is 220 g/mol. The molecule has 1 aliphatic carbocycles. The maximum Gasteiger partial charge on any atom is 0.318 e. The van der Waals surface area contributed by atoms with Crippen molar-refractivity contribution in [1.82, 2.24) is 0 Å². The first-order valence-electron chi connectivity index (χ1n) is 5.14. The number of carboxylic acids is 2. The molecule has 0 bridgehead atoms. The van der Waals surface area contributed by atoms with Gasteiger partial charge in [0.25, 0.3) is 0 Å². The zero-order valence-electron chi connectivity index (χ0n) is 8.59. The molecule has 4 nitrogen and oxygen atoms in total. The van der Waals surface area contributed by atoms with Gasteiger partial charge in [0.05, 0.1) is 0 Å². The van der Waals surface area contributed by atoms with Crippen LogP contribution in [0.3, 0.4) is 0 Å². The van der Waals surface area contributed by atoms with Crippen molar-refractivity contribution in [2.75, 3.05) is 0 Å². The van der Waals surface area contributed by atoms with Gasteiger partial charge in [0.1, 0.15) is 0 Å². The van der Waals surface area contributed by atoms with Crippen LogP contribution in [0.2, 0.25) is 0 Å². The Bertz CT molecular complexity index is 424. The first-order chi connectivity index (χ1) is 7.61. The lowest BCUT2D eigenvalue weighted by Gasteiger charge is -2.16. The van der Waals surface area contributed by atoms with Gasteiger partial charge in [0.2, 0.25) is 0 Å². The molecule has 1 aromatic rings. The number of aliphatic carboxylic acids is 2. The number of carbonyl (C=O) groups is 2. The molecule has 84 valence electrons. The molecule has 0 saturated heterocycles. The van der Waals surface area contributed by atoms with E-state index >= 15 is 0 Å². The molecule has 0 spiro atoms. The van der Waals surface area contributed by atoms with Crippen LogP contribution in [-0.4, -0.2) is 22.2 Å². The van der Waals surface area contributed by atoms with Crippen LogP contribution in [0.1, 0.15) is 23.5 Å². The van der Waals surface area contributed by atoms with Gasteiger partial charge in [-0.1, -0.05) is 24.3 Å². The van der Waals surface area contributed by atoms with Gasteiger partial charge in [0, 0.05) is 5.92 Å². The first kappa shape index (κ1) is 10.7. The minimum Gasteiger partial charge on any atom is -0.481 e. The average molecular weight is 220 g/mol. The van der Waals surface area contributed by atoms with Crippen LogP contribution in [0.25, 0.3) is 0 Å². The summed E-state index contributed by atoms with van der Waals surface area (Å²) in [5.41, 5.74) is 1.94. The first-order valence-corrected chi connectivity index (χ1v) is 5.14. The van der Waals surface area contributed by atoms with Crippen molar-refractivity contribution in [2.45, 2.75) is 18.8 Å². The zero-order chi connectivity index (χ0) is 11.7. The van der Waals surface area contributed by atoms with Crippen LogP contribution in [0, 0.1) is 5.92 Å². The maximum atomic E-state index is 11.0. The van der Waals surface area contributed by atoms with Crippen LogP contribution in [0.15, 0.2) is 24.3 Å². The molecule has 0 fully saturated rings. The van der Waals surface area contributed by atoms with Gasteiger partial charge in [0.15, 0.2) is 5.92 Å². The average Bonchev–Trinajstić information content (AvgIpc) is 2.61. The lowest BCUT2D eigenvalue weighted by Crippen LogP contribution is -2.28. The summed E-state index contributed by atoms with van der Waals surface area (Å²) in [6, 6.07) is 7.46. The SMILES string of the molecule is O=C(O)C(C(=O)O)[C@@H]1CCc2ccccc21. The molecule has 0 saturated carbocycles. The Hall–Kier alpha value is -1.84. The van der Waals surface area contributed by atoms with E-state index in [2.05, 4.69) is 0 Å². The third kappa shape index (κ3) is 1.66. The Labute approximate surface area is 92.5 Å². The van der Waals surface area contributed by atoms with E-state index in [1.165, 1.54) is 0 Å². The summed E-state index contributed by atoms with van der Waals surface area (Å²) in [6.45, 7) is 0. The number of hydrogen-bond acceptors (Lipinski definition) is 2. The highest BCUT2D eigenvalue weighted by molar-refractivity contribution is 5.94. The second kappa shape index (κ2) is 3.96. The predicted molar refractivity (Wildman–Crippen MR) is 56.3 cm³/mol. The molecule has 2 rings (SSSR count). The van der Waals surface area contributed by atoms with E-state index in [4.69, 9.17) is 10.2 Å². The van der Waals surface area contributed by atoms with E-state index in [1.54, 1.807) is 0 Å². The van der Waals surface area contributed by atoms with E-state index in [1.807, 2.05) is 24.3 Å². The van der Waals surface area contributed by atoms with Gasteiger partial charge < -0.3 is 10.2 Å². The van der Waals surface area contributed by atoms with E-state index in [-0.39, 0.29) is 0 Å². The highest BCUT2D eigenvalue weighted by Crippen LogP contribution is 2.38. The van der Waals surface area contributed by atoms with Crippen LogP contribution in [0.4, 0.5) is 0 Å². The molecule has 0 radical (unpaired) electrons. The fourth-order valence-corrected chi connectivity index (χ4v) is 2.39. The number of aryl methyl sites for hydroxylation is 1. The molecule has 0 aromatic heterocycles. The third-order valence-corrected chi connectivity index (χ3v) is 3.11. The van der Waals surface area contributed by atoms with E-state index in [9.17, 15) is 9.59 Å². The van der Waals surface area contributed by atoms with Crippen LogP contribution >= 0.6 is 0 Å². The minimum absolute atomic E-state index is 0.397. The quantitative estimate of drug-likeness (QED) is 0.757. The molecule has 0 unspecified atom stereocenters. The highest BCUT2D eigenvalue weighted by atomic mass is 16.4. The molecule has 1 aliphatic rings. The second-order valence-corrected chi connectivity index (χ2v) is 4.00. The third-order valence-electron chi connectivity index (χ3n) is 3.11. The molecule has 4 heteroatoms. The van der Waals surface area contributed by atoms with Gasteiger partial charge in [-0.15, -0.1) is 0 Å². The topological polar surface area (TPSA) is 74.6 Å². The fraction of sp³-hybridized carbons (Fsp3) is 0.333. The Morgan fingerprint density at radius 1 is 1.19 bits per heavy atom. The number of rotatable bonds is 3. The molecular formula is C12H12O4. The summed E-state index contributed by atoms with van der Waals surface area (Å²) < 4.78 is 0. The number of benzene rings is 1. The van der Waals surface area contributed by atoms with Gasteiger partial charge in [-0.2, -0.15) is 0 Å². The van der Waals surface area contributed by atoms with Crippen molar-refractivity contribution in [3.63, 3.8) is 0 Å². The Morgan fingerprint density at radius 3 is 2.44 bits per heavy atom. The molecule has 0 aliphatic heterocycles. The van der Waals surface area contributed by atoms with Gasteiger partial charge >= 0.3 is 11.9 Å². The van der Waals surface area contributed by atoms with Gasteiger partial charge in [-0.25, -0.2) is 0 Å². The fourth-order valence-electron chi connectivity index (χ4n) is 2.39. The largest absolute Gasteiger partial charge is 0.481 e. The predicted octanol–water partition coefficient (Wildman–Crippen LogP) is 1.50. The number of fused-ring (bicyclic) bond motifs is 1. The Morgan fingerprint density at radius 2 is 1.81 bits per heavy atom. The minimum atomic E-state index is -1.33. The standard InChI is InChI=1S/C12H12O4/c13-11(14)10(12(15)16)9-6-5-7-3-1-2-4-8(7)9/h1-4,9-10H,5-6H2,(H,13,14)(H,15,16)/t9-/m1/s1. The molecule has 2 N–H and O–H groups in total. The second-order valence-electron chi connectivity index (χ2n) is 4.00. The summed E-state index contributed by atoms with van der Waals surface area (Å²) in [7, 11) is 0. The van der Waals surface area contributed by atoms with Crippen molar-refractivity contribution in [2.24, 2.45) is 5.92 Å². The maximum absolute atomic E-state index is 11.0. The number of carboxylic acid groups (broad SMARTS) is 2. The van der Waals surface area contributed by atoms with Crippen LogP contribution in [-0.2, 0) is 16.0 Å². The summed E-state index contributed by atoms with van der Waals surface area (Å²) in [6.07, 6.45) is 1.36. The van der Waals surface area contributed by atoms with Gasteiger partial charge in [-0.05, 0) is 24.0 Å². The van der Waals surface area contributed by atoms with Crippen molar-refractivity contribution in [3.8, 4) is 0 Å². The van der Waals surface area contributed by atoms with Crippen molar-refractivity contribution < 1.29 is 19.8 Å². The van der Waals surface area contributed by atoms with Gasteiger partial charge in [-0.3, -0.25) is 9.59 Å². The Balaban J connectivity index is 2.36. The van der Waals surface area contributed by atoms with Crippen LogP contribution in [0.5, 0.6) is 0 Å². The van der Waals surface area contributed by atoms with E-state index in [0.717, 1.165) is 17.5 Å². The van der Waals surface area contributed by atoms with Crippen LogP contribution < -0.4 is 0 Å². The molecular weight excluding hydrogens is 208 g/mol. The summed E-state index contributed by atoms with van der Waals surface area (Å²) in [5.74, 6) is -4.24. The number of hydrogen-bond donors (Lipinski definition) is 2. The lowest BCUT2D eigenvalue weighted by molar-refractivity contribution is -0.155. The molecule has 0 amide bonds. The molecule has 16 heavy (non-hydrogen) atoms. The summed E-state index contributed by atoms with van der Waals surface area (Å²) >= 11 is 0. The Kier molecular flexibility index (Phi) is 2.64. The van der Waals surface area contributed by atoms with E-state index < -0.39 is 23.8 Å². The zero-order valence-corrected chi connectivity index (χ0v) is 8.59. The van der Waals surface area contributed by atoms with Crippen molar-refractivity contribution in [3.05, 3.63) is 35.4 Å². The smallest absolute Gasteiger partial charge is 0.318 e.